The average molecular weight is 325 g/mol. The van der Waals surface area contributed by atoms with Gasteiger partial charge < -0.3 is 10.2 Å². The number of likely N-dealkylation sites (tertiary alicyclic amines) is 1. The summed E-state index contributed by atoms with van der Waals surface area (Å²) in [4.78, 5) is 14.6. The highest BCUT2D eigenvalue weighted by Gasteiger charge is 2.25. The predicted octanol–water partition coefficient (Wildman–Crippen LogP) is 2.83. The molecule has 4 heteroatoms. The van der Waals surface area contributed by atoms with Crippen molar-refractivity contribution in [1.82, 2.24) is 10.2 Å². The van der Waals surface area contributed by atoms with Crippen molar-refractivity contribution in [2.24, 2.45) is 5.92 Å². The van der Waals surface area contributed by atoms with Crippen molar-refractivity contribution >= 4 is 21.8 Å². The molecule has 1 fully saturated rings. The smallest absolute Gasteiger partial charge is 0.255 e. The van der Waals surface area contributed by atoms with Crippen molar-refractivity contribution in [3.05, 3.63) is 33.8 Å². The van der Waals surface area contributed by atoms with Crippen LogP contribution in [0, 0.1) is 12.8 Å². The van der Waals surface area contributed by atoms with E-state index >= 15 is 0 Å². The summed E-state index contributed by atoms with van der Waals surface area (Å²) in [6.45, 7) is 4.74. The SMILES string of the molecule is CNCC1CCCN(C(=O)c2cc(C)ccc2Br)C1. The number of hydrogen-bond acceptors (Lipinski definition) is 2. The quantitative estimate of drug-likeness (QED) is 0.927. The zero-order chi connectivity index (χ0) is 13.8. The van der Waals surface area contributed by atoms with Gasteiger partial charge in [-0.1, -0.05) is 11.6 Å². The van der Waals surface area contributed by atoms with Crippen LogP contribution in [0.5, 0.6) is 0 Å². The summed E-state index contributed by atoms with van der Waals surface area (Å²) in [5.41, 5.74) is 1.90. The zero-order valence-electron chi connectivity index (χ0n) is 11.6. The minimum atomic E-state index is 0.149. The third-order valence-electron chi connectivity index (χ3n) is 3.65. The Morgan fingerprint density at radius 3 is 3.05 bits per heavy atom. The summed E-state index contributed by atoms with van der Waals surface area (Å²) < 4.78 is 0.888. The van der Waals surface area contributed by atoms with Gasteiger partial charge in [-0.2, -0.15) is 0 Å². The van der Waals surface area contributed by atoms with Crippen molar-refractivity contribution in [2.75, 3.05) is 26.7 Å². The largest absolute Gasteiger partial charge is 0.338 e. The molecule has 1 atom stereocenters. The van der Waals surface area contributed by atoms with Gasteiger partial charge in [0.1, 0.15) is 0 Å². The van der Waals surface area contributed by atoms with Crippen LogP contribution < -0.4 is 5.32 Å². The van der Waals surface area contributed by atoms with Crippen molar-refractivity contribution in [2.45, 2.75) is 19.8 Å². The normalized spacial score (nSPS) is 19.5. The molecule has 1 unspecified atom stereocenters. The number of piperidine rings is 1. The lowest BCUT2D eigenvalue weighted by Crippen LogP contribution is -2.42. The summed E-state index contributed by atoms with van der Waals surface area (Å²) >= 11 is 3.48. The molecule has 0 radical (unpaired) electrons. The molecule has 1 aliphatic rings. The monoisotopic (exact) mass is 324 g/mol. The van der Waals surface area contributed by atoms with E-state index in [4.69, 9.17) is 0 Å². The molecular formula is C15H21BrN2O. The first-order valence-electron chi connectivity index (χ1n) is 6.82. The van der Waals surface area contributed by atoms with E-state index in [2.05, 4.69) is 21.2 Å². The van der Waals surface area contributed by atoms with Crippen LogP contribution in [0.15, 0.2) is 22.7 Å². The maximum Gasteiger partial charge on any atom is 0.255 e. The Morgan fingerprint density at radius 2 is 2.32 bits per heavy atom. The number of halogens is 1. The van der Waals surface area contributed by atoms with E-state index in [1.807, 2.05) is 37.1 Å². The molecule has 0 aromatic heterocycles. The molecular weight excluding hydrogens is 304 g/mol. The lowest BCUT2D eigenvalue weighted by molar-refractivity contribution is 0.0673. The van der Waals surface area contributed by atoms with Crippen LogP contribution in [0.4, 0.5) is 0 Å². The fourth-order valence-corrected chi connectivity index (χ4v) is 3.09. The number of nitrogens with zero attached hydrogens (tertiary/aromatic N) is 1. The van der Waals surface area contributed by atoms with Gasteiger partial charge >= 0.3 is 0 Å². The first kappa shape index (κ1) is 14.5. The van der Waals surface area contributed by atoms with Gasteiger partial charge in [0.25, 0.3) is 5.91 Å². The fourth-order valence-electron chi connectivity index (χ4n) is 2.68. The van der Waals surface area contributed by atoms with Gasteiger partial charge in [0, 0.05) is 17.6 Å². The van der Waals surface area contributed by atoms with Gasteiger partial charge in [-0.15, -0.1) is 0 Å². The highest BCUT2D eigenvalue weighted by atomic mass is 79.9. The summed E-state index contributed by atoms with van der Waals surface area (Å²) in [5, 5.41) is 3.21. The second kappa shape index (κ2) is 6.53. The predicted molar refractivity (Wildman–Crippen MR) is 81.4 cm³/mol. The summed E-state index contributed by atoms with van der Waals surface area (Å²) in [5.74, 6) is 0.725. The number of rotatable bonds is 3. The molecule has 1 saturated heterocycles. The van der Waals surface area contributed by atoms with Crippen LogP contribution in [-0.4, -0.2) is 37.5 Å². The number of aryl methyl sites for hydroxylation is 1. The number of benzene rings is 1. The number of nitrogens with one attached hydrogen (secondary N) is 1. The van der Waals surface area contributed by atoms with Gasteiger partial charge in [0.15, 0.2) is 0 Å². The number of hydrogen-bond donors (Lipinski definition) is 1. The third-order valence-corrected chi connectivity index (χ3v) is 4.34. The van der Waals surface area contributed by atoms with Crippen molar-refractivity contribution in [3.63, 3.8) is 0 Å². The van der Waals surface area contributed by atoms with E-state index in [9.17, 15) is 4.79 Å². The summed E-state index contributed by atoms with van der Waals surface area (Å²) in [6, 6.07) is 5.94. The van der Waals surface area contributed by atoms with Crippen molar-refractivity contribution in [1.29, 1.82) is 0 Å². The molecule has 1 aliphatic heterocycles. The Bertz CT molecular complexity index is 459. The van der Waals surface area contributed by atoms with Crippen LogP contribution in [0.25, 0.3) is 0 Å². The molecule has 0 aliphatic carbocycles. The van der Waals surface area contributed by atoms with E-state index in [1.54, 1.807) is 0 Å². The van der Waals surface area contributed by atoms with E-state index in [0.717, 1.165) is 41.7 Å². The van der Waals surface area contributed by atoms with Gasteiger partial charge in [-0.05, 0) is 67.3 Å². The van der Waals surface area contributed by atoms with E-state index in [-0.39, 0.29) is 5.91 Å². The first-order valence-corrected chi connectivity index (χ1v) is 7.61. The maximum absolute atomic E-state index is 12.6. The van der Waals surface area contributed by atoms with E-state index in [1.165, 1.54) is 6.42 Å². The van der Waals surface area contributed by atoms with Crippen LogP contribution >= 0.6 is 15.9 Å². The first-order chi connectivity index (χ1) is 9.11. The van der Waals surface area contributed by atoms with Crippen LogP contribution in [0.2, 0.25) is 0 Å². The molecule has 1 amide bonds. The number of amides is 1. The van der Waals surface area contributed by atoms with Gasteiger partial charge in [-0.3, -0.25) is 4.79 Å². The van der Waals surface area contributed by atoms with Crippen LogP contribution in [0.3, 0.4) is 0 Å². The van der Waals surface area contributed by atoms with Gasteiger partial charge in [0.2, 0.25) is 0 Å². The Hall–Kier alpha value is -0.870. The maximum atomic E-state index is 12.6. The third kappa shape index (κ3) is 3.57. The standard InChI is InChI=1S/C15H21BrN2O/c1-11-5-6-14(16)13(8-11)15(19)18-7-3-4-12(10-18)9-17-2/h5-6,8,12,17H,3-4,7,9-10H2,1-2H3. The topological polar surface area (TPSA) is 32.3 Å². The molecule has 19 heavy (non-hydrogen) atoms. The highest BCUT2D eigenvalue weighted by Crippen LogP contribution is 2.23. The molecule has 1 aromatic rings. The van der Waals surface area contributed by atoms with Crippen LogP contribution in [-0.2, 0) is 0 Å². The minimum absolute atomic E-state index is 0.149. The molecule has 3 nitrogen and oxygen atoms in total. The Labute approximate surface area is 123 Å². The zero-order valence-corrected chi connectivity index (χ0v) is 13.2. The lowest BCUT2D eigenvalue weighted by Gasteiger charge is -2.33. The second-order valence-corrected chi connectivity index (χ2v) is 6.15. The minimum Gasteiger partial charge on any atom is -0.338 e. The molecule has 104 valence electrons. The van der Waals surface area contributed by atoms with Crippen molar-refractivity contribution < 1.29 is 4.79 Å². The lowest BCUT2D eigenvalue weighted by atomic mass is 9.97. The van der Waals surface area contributed by atoms with Crippen LogP contribution in [0.1, 0.15) is 28.8 Å². The van der Waals surface area contributed by atoms with Gasteiger partial charge in [0.05, 0.1) is 5.56 Å². The molecule has 2 rings (SSSR count). The molecule has 1 aromatic carbocycles. The Kier molecular flexibility index (Phi) is 4.99. The molecule has 0 saturated carbocycles. The van der Waals surface area contributed by atoms with Crippen molar-refractivity contribution in [3.8, 4) is 0 Å². The molecule has 0 bridgehead atoms. The summed E-state index contributed by atoms with van der Waals surface area (Å²) in [6.07, 6.45) is 2.31. The second-order valence-electron chi connectivity index (χ2n) is 5.30. The van der Waals surface area contributed by atoms with E-state index < -0.39 is 0 Å². The Morgan fingerprint density at radius 1 is 1.53 bits per heavy atom. The highest BCUT2D eigenvalue weighted by molar-refractivity contribution is 9.10. The molecule has 1 heterocycles. The molecule has 1 N–H and O–H groups in total. The number of carbonyl (C=O) groups excluding carboxylic acids is 1. The van der Waals surface area contributed by atoms with E-state index in [0.29, 0.717) is 5.92 Å². The molecule has 0 spiro atoms. The van der Waals surface area contributed by atoms with Gasteiger partial charge in [-0.25, -0.2) is 0 Å². The number of carbonyl (C=O) groups is 1. The summed E-state index contributed by atoms with van der Waals surface area (Å²) in [7, 11) is 1.97. The fraction of sp³-hybridized carbons (Fsp3) is 0.533. The average Bonchev–Trinajstić information content (AvgIpc) is 2.41. The Balaban J connectivity index is 2.12.